The van der Waals surface area contributed by atoms with Crippen LogP contribution in [0.3, 0.4) is 0 Å². The van der Waals surface area contributed by atoms with Crippen molar-refractivity contribution in [3.8, 4) is 12.3 Å². The van der Waals surface area contributed by atoms with Crippen molar-refractivity contribution < 1.29 is 4.79 Å². The van der Waals surface area contributed by atoms with Gasteiger partial charge in [0, 0.05) is 12.3 Å². The predicted molar refractivity (Wildman–Crippen MR) is 84.5 cm³/mol. The van der Waals surface area contributed by atoms with Crippen LogP contribution in [0.4, 0.5) is 0 Å². The van der Waals surface area contributed by atoms with Gasteiger partial charge < -0.3 is 0 Å². The Hall–Kier alpha value is -1.29. The highest BCUT2D eigenvalue weighted by Crippen LogP contribution is 2.61. The molecule has 0 amide bonds. The normalized spacial score (nSPS) is 41.8. The average Bonchev–Trinajstić information content (AvgIpc) is 2.83. The Morgan fingerprint density at radius 2 is 2.05 bits per heavy atom. The van der Waals surface area contributed by atoms with Crippen molar-refractivity contribution in [2.45, 2.75) is 58.3 Å². The minimum Gasteiger partial charge on any atom is -0.295 e. The van der Waals surface area contributed by atoms with Crippen LogP contribution < -0.4 is 0 Å². The number of fused-ring (bicyclic) bond motifs is 4. The van der Waals surface area contributed by atoms with E-state index in [-0.39, 0.29) is 0 Å². The Bertz CT molecular complexity index is 600. The first-order valence-corrected chi connectivity index (χ1v) is 8.55. The van der Waals surface area contributed by atoms with Gasteiger partial charge in [0.15, 0.2) is 5.78 Å². The second-order valence-electron chi connectivity index (χ2n) is 7.69. The summed E-state index contributed by atoms with van der Waals surface area (Å²) in [6, 6.07) is 0. The summed E-state index contributed by atoms with van der Waals surface area (Å²) in [6.07, 6.45) is 16.8. The van der Waals surface area contributed by atoms with Gasteiger partial charge in [-0.15, -0.1) is 12.3 Å². The van der Waals surface area contributed by atoms with E-state index in [2.05, 4.69) is 12.8 Å². The highest BCUT2D eigenvalue weighted by Gasteiger charge is 2.53. The molecule has 0 saturated heterocycles. The average molecular weight is 280 g/mol. The van der Waals surface area contributed by atoms with Crippen molar-refractivity contribution in [2.24, 2.45) is 23.2 Å². The van der Waals surface area contributed by atoms with Crippen LogP contribution in [-0.2, 0) is 4.79 Å². The number of rotatable bonds is 0. The molecular weight excluding hydrogens is 256 g/mol. The summed E-state index contributed by atoms with van der Waals surface area (Å²) in [6.45, 7) is 2.45. The molecule has 1 nitrogen and oxygen atoms in total. The molecule has 2 saturated carbocycles. The van der Waals surface area contributed by atoms with E-state index in [1.54, 1.807) is 11.1 Å². The zero-order valence-corrected chi connectivity index (χ0v) is 13.0. The molecule has 0 aromatic carbocycles. The molecule has 1 heteroatoms. The quantitative estimate of drug-likeness (QED) is 0.599. The lowest BCUT2D eigenvalue weighted by Crippen LogP contribution is -2.39. The summed E-state index contributed by atoms with van der Waals surface area (Å²) < 4.78 is 0. The van der Waals surface area contributed by atoms with Gasteiger partial charge in [-0.3, -0.25) is 4.79 Å². The molecule has 21 heavy (non-hydrogen) atoms. The van der Waals surface area contributed by atoms with Gasteiger partial charge in [-0.25, -0.2) is 0 Å². The smallest absolute Gasteiger partial charge is 0.156 e. The largest absolute Gasteiger partial charge is 0.295 e. The standard InChI is InChI=1S/C20H24O/c1-3-14-5-9-19-18-7-4-13-12-15(21)6-8-16(13)17(18)10-11-20(14,19)2/h1,12,14,18-19H,4-11H2,2H3/t14-,18-,19+,20-/m1/s1. The number of carbonyl (C=O) groups excluding carboxylic acids is 1. The van der Waals surface area contributed by atoms with Crippen molar-refractivity contribution in [3.63, 3.8) is 0 Å². The first kappa shape index (κ1) is 13.4. The molecule has 4 atom stereocenters. The monoisotopic (exact) mass is 280 g/mol. The predicted octanol–water partition coefficient (Wildman–Crippen LogP) is 4.44. The lowest BCUT2D eigenvalue weighted by molar-refractivity contribution is -0.114. The van der Waals surface area contributed by atoms with Crippen LogP contribution >= 0.6 is 0 Å². The maximum Gasteiger partial charge on any atom is 0.156 e. The van der Waals surface area contributed by atoms with Crippen LogP contribution in [0.25, 0.3) is 0 Å². The minimum atomic E-state index is 0.335. The fraction of sp³-hybridized carbons (Fsp3) is 0.650. The molecule has 2 fully saturated rings. The molecule has 4 rings (SSSR count). The summed E-state index contributed by atoms with van der Waals surface area (Å²) in [4.78, 5) is 11.7. The summed E-state index contributed by atoms with van der Waals surface area (Å²) in [5, 5.41) is 0. The first-order valence-electron chi connectivity index (χ1n) is 8.55. The number of carbonyl (C=O) groups is 1. The summed E-state index contributed by atoms with van der Waals surface area (Å²) in [5.41, 5.74) is 5.01. The number of hydrogen-bond acceptors (Lipinski definition) is 1. The molecule has 0 unspecified atom stereocenters. The van der Waals surface area contributed by atoms with E-state index < -0.39 is 0 Å². The van der Waals surface area contributed by atoms with Crippen molar-refractivity contribution >= 4 is 5.78 Å². The third-order valence-corrected chi connectivity index (χ3v) is 6.93. The SMILES string of the molecule is C#C[C@@H]1CC[C@H]2[C@@H]3CCC4=CC(=O)CCC4=C3CC[C@]12C. The molecule has 0 aromatic heterocycles. The van der Waals surface area contributed by atoms with Gasteiger partial charge >= 0.3 is 0 Å². The molecular formula is C20H24O. The molecule has 0 aliphatic heterocycles. The minimum absolute atomic E-state index is 0.335. The Balaban J connectivity index is 1.73. The van der Waals surface area contributed by atoms with Crippen LogP contribution in [-0.4, -0.2) is 5.78 Å². The van der Waals surface area contributed by atoms with Gasteiger partial charge in [0.2, 0.25) is 0 Å². The summed E-state index contributed by atoms with van der Waals surface area (Å²) in [7, 11) is 0. The lowest BCUT2D eigenvalue weighted by atomic mass is 9.56. The maximum atomic E-state index is 11.7. The zero-order valence-electron chi connectivity index (χ0n) is 13.0. The summed E-state index contributed by atoms with van der Waals surface area (Å²) >= 11 is 0. The highest BCUT2D eigenvalue weighted by atomic mass is 16.1. The fourth-order valence-electron chi connectivity index (χ4n) is 5.80. The number of allylic oxidation sites excluding steroid dienone is 4. The Kier molecular flexibility index (Phi) is 2.93. The third kappa shape index (κ3) is 1.81. The molecule has 4 aliphatic rings. The van der Waals surface area contributed by atoms with Crippen molar-refractivity contribution in [1.82, 2.24) is 0 Å². The molecule has 4 aliphatic carbocycles. The molecule has 0 N–H and O–H groups in total. The molecule has 0 heterocycles. The molecule has 0 spiro atoms. The molecule has 0 aromatic rings. The third-order valence-electron chi connectivity index (χ3n) is 6.93. The number of hydrogen-bond donors (Lipinski definition) is 0. The van der Waals surface area contributed by atoms with E-state index in [9.17, 15) is 4.79 Å². The Morgan fingerprint density at radius 1 is 1.19 bits per heavy atom. The van der Waals surface area contributed by atoms with E-state index >= 15 is 0 Å². The lowest BCUT2D eigenvalue weighted by Gasteiger charge is -2.48. The van der Waals surface area contributed by atoms with Gasteiger partial charge in [-0.2, -0.15) is 0 Å². The van der Waals surface area contributed by atoms with Crippen molar-refractivity contribution in [1.29, 1.82) is 0 Å². The first-order chi connectivity index (χ1) is 10.1. The Labute approximate surface area is 127 Å². The van der Waals surface area contributed by atoms with Crippen molar-refractivity contribution in [2.75, 3.05) is 0 Å². The van der Waals surface area contributed by atoms with Gasteiger partial charge in [-0.1, -0.05) is 12.5 Å². The van der Waals surface area contributed by atoms with Gasteiger partial charge in [0.25, 0.3) is 0 Å². The maximum absolute atomic E-state index is 11.7. The van der Waals surface area contributed by atoms with Crippen LogP contribution in [0.1, 0.15) is 58.3 Å². The summed E-state index contributed by atoms with van der Waals surface area (Å²) in [5.74, 6) is 5.45. The van der Waals surface area contributed by atoms with Gasteiger partial charge in [0.1, 0.15) is 0 Å². The van der Waals surface area contributed by atoms with Gasteiger partial charge in [-0.05, 0) is 79.4 Å². The van der Waals surface area contributed by atoms with Crippen LogP contribution in [0, 0.1) is 35.5 Å². The van der Waals surface area contributed by atoms with Crippen LogP contribution in [0.15, 0.2) is 22.8 Å². The van der Waals surface area contributed by atoms with Crippen LogP contribution in [0.2, 0.25) is 0 Å². The Morgan fingerprint density at radius 3 is 2.86 bits per heavy atom. The van der Waals surface area contributed by atoms with E-state index in [1.165, 1.54) is 37.7 Å². The highest BCUT2D eigenvalue weighted by molar-refractivity contribution is 5.93. The fourth-order valence-corrected chi connectivity index (χ4v) is 5.80. The number of ketones is 1. The van der Waals surface area contributed by atoms with E-state index in [4.69, 9.17) is 6.42 Å². The van der Waals surface area contributed by atoms with E-state index in [0.717, 1.165) is 31.1 Å². The van der Waals surface area contributed by atoms with Crippen molar-refractivity contribution in [3.05, 3.63) is 22.8 Å². The van der Waals surface area contributed by atoms with Crippen LogP contribution in [0.5, 0.6) is 0 Å². The second-order valence-corrected chi connectivity index (χ2v) is 7.69. The topological polar surface area (TPSA) is 17.1 Å². The zero-order chi connectivity index (χ0) is 14.6. The molecule has 0 radical (unpaired) electrons. The molecule has 0 bridgehead atoms. The number of terminal acetylenes is 1. The van der Waals surface area contributed by atoms with Gasteiger partial charge in [0.05, 0.1) is 0 Å². The van der Waals surface area contributed by atoms with E-state index in [1.807, 2.05) is 6.08 Å². The molecule has 110 valence electrons. The second kappa shape index (κ2) is 4.60. The van der Waals surface area contributed by atoms with E-state index in [0.29, 0.717) is 17.1 Å².